The van der Waals surface area contributed by atoms with Crippen molar-refractivity contribution < 1.29 is 5.11 Å². The van der Waals surface area contributed by atoms with Gasteiger partial charge in [-0.15, -0.1) is 0 Å². The summed E-state index contributed by atoms with van der Waals surface area (Å²) in [5.41, 5.74) is 2.83. The summed E-state index contributed by atoms with van der Waals surface area (Å²) in [5.74, 6) is 0. The summed E-state index contributed by atoms with van der Waals surface area (Å²) in [7, 11) is 0. The van der Waals surface area contributed by atoms with Crippen LogP contribution in [-0.2, 0) is 6.42 Å². The summed E-state index contributed by atoms with van der Waals surface area (Å²) in [6.07, 6.45) is 3.50. The molecular formula is C14H14ClNO. The Morgan fingerprint density at radius 1 is 1.29 bits per heavy atom. The molecule has 3 heteroatoms. The molecule has 88 valence electrons. The monoisotopic (exact) mass is 247 g/mol. The topological polar surface area (TPSA) is 33.1 Å². The predicted molar refractivity (Wildman–Crippen MR) is 69.1 cm³/mol. The van der Waals surface area contributed by atoms with Crippen LogP contribution in [0.5, 0.6) is 0 Å². The fraction of sp³-hybridized carbons (Fsp3) is 0.214. The predicted octanol–water partition coefficient (Wildman–Crippen LogP) is 3.32. The first-order valence-corrected chi connectivity index (χ1v) is 5.88. The maximum absolute atomic E-state index is 10.2. The first-order valence-electron chi connectivity index (χ1n) is 5.50. The van der Waals surface area contributed by atoms with Crippen molar-refractivity contribution in [3.05, 3.63) is 64.4 Å². The van der Waals surface area contributed by atoms with Crippen LogP contribution in [0.4, 0.5) is 0 Å². The number of aliphatic hydroxyl groups excluding tert-OH is 1. The molecule has 2 rings (SSSR count). The third-order valence-electron chi connectivity index (χ3n) is 2.82. The number of pyridine rings is 1. The number of hydrogen-bond donors (Lipinski definition) is 1. The first-order chi connectivity index (χ1) is 8.18. The van der Waals surface area contributed by atoms with E-state index in [4.69, 9.17) is 11.6 Å². The molecule has 1 aromatic carbocycles. The van der Waals surface area contributed by atoms with Crippen molar-refractivity contribution in [3.63, 3.8) is 0 Å². The van der Waals surface area contributed by atoms with Crippen molar-refractivity contribution in [3.8, 4) is 0 Å². The van der Waals surface area contributed by atoms with Gasteiger partial charge in [-0.05, 0) is 35.7 Å². The Kier molecular flexibility index (Phi) is 3.77. The molecule has 17 heavy (non-hydrogen) atoms. The van der Waals surface area contributed by atoms with E-state index in [1.807, 2.05) is 37.3 Å². The van der Waals surface area contributed by atoms with E-state index in [-0.39, 0.29) is 0 Å². The van der Waals surface area contributed by atoms with Crippen molar-refractivity contribution >= 4 is 11.6 Å². The van der Waals surface area contributed by atoms with Gasteiger partial charge in [0, 0.05) is 23.8 Å². The minimum absolute atomic E-state index is 0.544. The highest BCUT2D eigenvalue weighted by Crippen LogP contribution is 2.26. The molecule has 0 radical (unpaired) electrons. The zero-order valence-electron chi connectivity index (χ0n) is 9.60. The van der Waals surface area contributed by atoms with Crippen LogP contribution < -0.4 is 0 Å². The molecule has 0 fully saturated rings. The molecule has 1 unspecified atom stereocenters. The van der Waals surface area contributed by atoms with Gasteiger partial charge in [-0.3, -0.25) is 4.98 Å². The number of aromatic nitrogens is 1. The molecule has 0 spiro atoms. The third-order valence-corrected chi connectivity index (χ3v) is 3.23. The van der Waals surface area contributed by atoms with Gasteiger partial charge < -0.3 is 5.11 Å². The van der Waals surface area contributed by atoms with Crippen molar-refractivity contribution in [2.24, 2.45) is 0 Å². The van der Waals surface area contributed by atoms with E-state index in [0.29, 0.717) is 11.4 Å². The second kappa shape index (κ2) is 5.30. The van der Waals surface area contributed by atoms with Crippen LogP contribution in [0.15, 0.2) is 42.7 Å². The van der Waals surface area contributed by atoms with Gasteiger partial charge >= 0.3 is 0 Å². The lowest BCUT2D eigenvalue weighted by Crippen LogP contribution is -2.04. The Morgan fingerprint density at radius 2 is 2.12 bits per heavy atom. The van der Waals surface area contributed by atoms with Gasteiger partial charge in [0.05, 0.1) is 6.10 Å². The second-order valence-corrected chi connectivity index (χ2v) is 4.44. The normalized spacial score (nSPS) is 12.4. The van der Waals surface area contributed by atoms with Crippen LogP contribution in [0.1, 0.15) is 22.8 Å². The average molecular weight is 248 g/mol. The number of aliphatic hydroxyl groups is 1. The number of rotatable bonds is 3. The number of hydrogen-bond acceptors (Lipinski definition) is 2. The summed E-state index contributed by atoms with van der Waals surface area (Å²) in [6.45, 7) is 1.92. The molecule has 1 atom stereocenters. The van der Waals surface area contributed by atoms with E-state index >= 15 is 0 Å². The summed E-state index contributed by atoms with van der Waals surface area (Å²) < 4.78 is 0. The van der Waals surface area contributed by atoms with E-state index in [9.17, 15) is 5.11 Å². The number of benzene rings is 1. The molecule has 1 heterocycles. The minimum atomic E-state index is -0.544. The maximum Gasteiger partial charge on any atom is 0.0834 e. The van der Waals surface area contributed by atoms with Crippen LogP contribution in [0.2, 0.25) is 5.02 Å². The molecule has 0 aliphatic heterocycles. The van der Waals surface area contributed by atoms with Crippen LogP contribution >= 0.6 is 11.6 Å². The standard InChI is InChI=1S/C14H14ClNO/c1-10-12(5-2-6-13(10)15)14(17)8-11-4-3-7-16-9-11/h2-7,9,14,17H,8H2,1H3. The van der Waals surface area contributed by atoms with Gasteiger partial charge in [0.25, 0.3) is 0 Å². The molecular weight excluding hydrogens is 234 g/mol. The Morgan fingerprint density at radius 3 is 2.82 bits per heavy atom. The molecule has 2 aromatic rings. The number of nitrogens with zero attached hydrogens (tertiary/aromatic N) is 1. The lowest BCUT2D eigenvalue weighted by molar-refractivity contribution is 0.177. The smallest absolute Gasteiger partial charge is 0.0834 e. The van der Waals surface area contributed by atoms with Crippen molar-refractivity contribution in [1.82, 2.24) is 4.98 Å². The van der Waals surface area contributed by atoms with Gasteiger partial charge in [-0.2, -0.15) is 0 Å². The molecule has 0 saturated carbocycles. The van der Waals surface area contributed by atoms with E-state index in [2.05, 4.69) is 4.98 Å². The minimum Gasteiger partial charge on any atom is -0.388 e. The molecule has 0 saturated heterocycles. The fourth-order valence-electron chi connectivity index (χ4n) is 1.84. The molecule has 2 nitrogen and oxygen atoms in total. The van der Waals surface area contributed by atoms with E-state index in [1.54, 1.807) is 12.4 Å². The third kappa shape index (κ3) is 2.84. The van der Waals surface area contributed by atoms with Gasteiger partial charge in [-0.1, -0.05) is 29.8 Å². The Labute approximate surface area is 106 Å². The molecule has 1 aromatic heterocycles. The Hall–Kier alpha value is -1.38. The van der Waals surface area contributed by atoms with Crippen LogP contribution in [0, 0.1) is 6.92 Å². The average Bonchev–Trinajstić information content (AvgIpc) is 2.34. The molecule has 0 amide bonds. The van der Waals surface area contributed by atoms with Gasteiger partial charge in [-0.25, -0.2) is 0 Å². The highest BCUT2D eigenvalue weighted by atomic mass is 35.5. The van der Waals surface area contributed by atoms with E-state index < -0.39 is 6.10 Å². The summed E-state index contributed by atoms with van der Waals surface area (Å²) in [4.78, 5) is 4.03. The zero-order valence-corrected chi connectivity index (χ0v) is 10.4. The summed E-state index contributed by atoms with van der Waals surface area (Å²) >= 11 is 6.04. The van der Waals surface area contributed by atoms with E-state index in [1.165, 1.54) is 0 Å². The number of halogens is 1. The Bertz CT molecular complexity index is 499. The molecule has 0 aliphatic rings. The van der Waals surface area contributed by atoms with Crippen molar-refractivity contribution in [2.75, 3.05) is 0 Å². The Balaban J connectivity index is 2.20. The van der Waals surface area contributed by atoms with Gasteiger partial charge in [0.1, 0.15) is 0 Å². The first kappa shape index (κ1) is 12.1. The van der Waals surface area contributed by atoms with Crippen LogP contribution in [0.25, 0.3) is 0 Å². The molecule has 1 N–H and O–H groups in total. The maximum atomic E-state index is 10.2. The van der Waals surface area contributed by atoms with E-state index in [0.717, 1.165) is 16.7 Å². The quantitative estimate of drug-likeness (QED) is 0.903. The SMILES string of the molecule is Cc1c(Cl)cccc1C(O)Cc1cccnc1. The summed E-state index contributed by atoms with van der Waals surface area (Å²) in [6, 6.07) is 9.42. The van der Waals surface area contributed by atoms with Crippen molar-refractivity contribution in [1.29, 1.82) is 0 Å². The molecule has 0 aliphatic carbocycles. The highest BCUT2D eigenvalue weighted by molar-refractivity contribution is 6.31. The lowest BCUT2D eigenvalue weighted by atomic mass is 9.98. The highest BCUT2D eigenvalue weighted by Gasteiger charge is 2.12. The second-order valence-electron chi connectivity index (χ2n) is 4.04. The van der Waals surface area contributed by atoms with Gasteiger partial charge in [0.15, 0.2) is 0 Å². The lowest BCUT2D eigenvalue weighted by Gasteiger charge is -2.14. The largest absolute Gasteiger partial charge is 0.388 e. The van der Waals surface area contributed by atoms with Crippen LogP contribution in [-0.4, -0.2) is 10.1 Å². The van der Waals surface area contributed by atoms with Crippen LogP contribution in [0.3, 0.4) is 0 Å². The van der Waals surface area contributed by atoms with Crippen molar-refractivity contribution in [2.45, 2.75) is 19.4 Å². The molecule has 0 bridgehead atoms. The zero-order chi connectivity index (χ0) is 12.3. The fourth-order valence-corrected chi connectivity index (χ4v) is 2.02. The van der Waals surface area contributed by atoms with Gasteiger partial charge in [0.2, 0.25) is 0 Å². The summed E-state index contributed by atoms with van der Waals surface area (Å²) in [5, 5.41) is 10.9.